The number of aromatic carboxylic acids is 1. The van der Waals surface area contributed by atoms with Crippen molar-refractivity contribution in [3.8, 4) is 5.75 Å². The minimum Gasteiger partial charge on any atom is -0.487 e. The van der Waals surface area contributed by atoms with Crippen LogP contribution in [-0.2, 0) is 4.74 Å². The zero-order chi connectivity index (χ0) is 13.7. The predicted molar refractivity (Wildman–Crippen MR) is 64.4 cm³/mol. The Morgan fingerprint density at radius 1 is 1.56 bits per heavy atom. The molecule has 18 heavy (non-hydrogen) atoms. The number of rotatable bonds is 6. The van der Waals surface area contributed by atoms with Crippen molar-refractivity contribution in [3.05, 3.63) is 23.5 Å². The minimum atomic E-state index is -1.33. The van der Waals surface area contributed by atoms with Gasteiger partial charge in [0.05, 0.1) is 12.3 Å². The molecule has 0 spiro atoms. The first kappa shape index (κ1) is 14.2. The predicted octanol–water partition coefficient (Wildman–Crippen LogP) is 1.91. The fourth-order valence-corrected chi connectivity index (χ4v) is 1.43. The van der Waals surface area contributed by atoms with E-state index in [0.717, 1.165) is 6.07 Å². The molecule has 6 heteroatoms. The van der Waals surface area contributed by atoms with Gasteiger partial charge in [0.2, 0.25) is 0 Å². The van der Waals surface area contributed by atoms with Gasteiger partial charge in [-0.2, -0.15) is 0 Å². The van der Waals surface area contributed by atoms with Crippen LogP contribution in [0.25, 0.3) is 0 Å². The maximum absolute atomic E-state index is 13.2. The number of nitrogens with two attached hydrogens (primary N) is 1. The van der Waals surface area contributed by atoms with Crippen molar-refractivity contribution < 1.29 is 23.8 Å². The monoisotopic (exact) mass is 257 g/mol. The van der Waals surface area contributed by atoms with Crippen molar-refractivity contribution >= 4 is 11.7 Å². The molecule has 0 radical (unpaired) electrons. The molecule has 1 rings (SSSR count). The third-order valence-corrected chi connectivity index (χ3v) is 2.25. The largest absolute Gasteiger partial charge is 0.487 e. The number of ether oxygens (including phenoxy) is 2. The molecule has 3 N–H and O–H groups in total. The summed E-state index contributed by atoms with van der Waals surface area (Å²) in [6.45, 7) is 4.41. The number of nitrogen functional groups attached to an aromatic ring is 1. The second-order valence-electron chi connectivity index (χ2n) is 3.73. The van der Waals surface area contributed by atoms with Gasteiger partial charge in [0.1, 0.15) is 23.2 Å². The molecule has 0 aliphatic rings. The highest BCUT2D eigenvalue weighted by Gasteiger charge is 2.20. The number of halogens is 1. The molecule has 0 aliphatic heterocycles. The van der Waals surface area contributed by atoms with Gasteiger partial charge in [0.25, 0.3) is 0 Å². The van der Waals surface area contributed by atoms with E-state index in [1.807, 2.05) is 6.92 Å². The van der Waals surface area contributed by atoms with Crippen LogP contribution in [0.1, 0.15) is 24.2 Å². The number of benzene rings is 1. The Morgan fingerprint density at radius 3 is 2.78 bits per heavy atom. The van der Waals surface area contributed by atoms with Gasteiger partial charge in [-0.15, -0.1) is 0 Å². The Kier molecular flexibility index (Phi) is 4.91. The molecule has 5 nitrogen and oxygen atoms in total. The fourth-order valence-electron chi connectivity index (χ4n) is 1.43. The lowest BCUT2D eigenvalue weighted by Gasteiger charge is -2.17. The Labute approximate surface area is 104 Å². The van der Waals surface area contributed by atoms with Crippen LogP contribution in [0, 0.1) is 5.82 Å². The first-order chi connectivity index (χ1) is 8.47. The third-order valence-electron chi connectivity index (χ3n) is 2.25. The molecule has 0 amide bonds. The topological polar surface area (TPSA) is 81.8 Å². The molecule has 1 atom stereocenters. The zero-order valence-electron chi connectivity index (χ0n) is 10.3. The maximum atomic E-state index is 13.2. The molecule has 0 fully saturated rings. The van der Waals surface area contributed by atoms with Gasteiger partial charge in [0.15, 0.2) is 0 Å². The molecule has 1 aromatic rings. The number of hydrogen-bond donors (Lipinski definition) is 2. The van der Waals surface area contributed by atoms with Gasteiger partial charge in [-0.25, -0.2) is 9.18 Å². The molecule has 1 unspecified atom stereocenters. The number of carboxylic acid groups (broad SMARTS) is 1. The van der Waals surface area contributed by atoms with E-state index in [-0.39, 0.29) is 17.4 Å². The molecule has 1 aromatic carbocycles. The van der Waals surface area contributed by atoms with E-state index in [0.29, 0.717) is 13.2 Å². The summed E-state index contributed by atoms with van der Waals surface area (Å²) in [5.41, 5.74) is 4.60. The van der Waals surface area contributed by atoms with Crippen LogP contribution in [0.3, 0.4) is 0 Å². The summed E-state index contributed by atoms with van der Waals surface area (Å²) >= 11 is 0. The SMILES string of the molecule is CCOCC(C)Oc1ccc(F)c(N)c1C(=O)O. The number of carboxylic acids is 1. The van der Waals surface area contributed by atoms with Crippen LogP contribution in [0.4, 0.5) is 10.1 Å². The maximum Gasteiger partial charge on any atom is 0.341 e. The number of carbonyl (C=O) groups is 1. The van der Waals surface area contributed by atoms with Crippen LogP contribution in [0.2, 0.25) is 0 Å². The first-order valence-corrected chi connectivity index (χ1v) is 5.53. The van der Waals surface area contributed by atoms with Crippen molar-refractivity contribution in [2.24, 2.45) is 0 Å². The van der Waals surface area contributed by atoms with Gasteiger partial charge >= 0.3 is 5.97 Å². The molecular weight excluding hydrogens is 241 g/mol. The Balaban J connectivity index is 2.95. The highest BCUT2D eigenvalue weighted by Crippen LogP contribution is 2.27. The second-order valence-corrected chi connectivity index (χ2v) is 3.73. The molecule has 100 valence electrons. The summed E-state index contributed by atoms with van der Waals surface area (Å²) in [6, 6.07) is 2.32. The molecular formula is C12H16FNO4. The van der Waals surface area contributed by atoms with Crippen LogP contribution < -0.4 is 10.5 Å². The number of hydrogen-bond acceptors (Lipinski definition) is 4. The van der Waals surface area contributed by atoms with Crippen LogP contribution >= 0.6 is 0 Å². The van der Waals surface area contributed by atoms with E-state index in [1.54, 1.807) is 6.92 Å². The van der Waals surface area contributed by atoms with Gasteiger partial charge < -0.3 is 20.3 Å². The van der Waals surface area contributed by atoms with Gasteiger partial charge in [-0.3, -0.25) is 0 Å². The van der Waals surface area contributed by atoms with Crippen molar-refractivity contribution in [2.45, 2.75) is 20.0 Å². The lowest BCUT2D eigenvalue weighted by atomic mass is 10.1. The normalized spacial score (nSPS) is 12.2. The van der Waals surface area contributed by atoms with Crippen molar-refractivity contribution in [1.82, 2.24) is 0 Å². The van der Waals surface area contributed by atoms with E-state index in [1.165, 1.54) is 6.07 Å². The second kappa shape index (κ2) is 6.20. The van der Waals surface area contributed by atoms with E-state index >= 15 is 0 Å². The zero-order valence-corrected chi connectivity index (χ0v) is 10.3. The molecule has 0 saturated carbocycles. The van der Waals surface area contributed by atoms with Gasteiger partial charge in [0, 0.05) is 6.61 Å². The van der Waals surface area contributed by atoms with E-state index in [4.69, 9.17) is 20.3 Å². The van der Waals surface area contributed by atoms with E-state index < -0.39 is 17.5 Å². The minimum absolute atomic E-state index is 0.0357. The van der Waals surface area contributed by atoms with Gasteiger partial charge in [-0.1, -0.05) is 0 Å². The molecule has 0 heterocycles. The fraction of sp³-hybridized carbons (Fsp3) is 0.417. The Hall–Kier alpha value is -1.82. The van der Waals surface area contributed by atoms with Crippen LogP contribution in [-0.4, -0.2) is 30.4 Å². The molecule has 0 saturated heterocycles. The van der Waals surface area contributed by atoms with E-state index in [9.17, 15) is 9.18 Å². The van der Waals surface area contributed by atoms with E-state index in [2.05, 4.69) is 0 Å². The van der Waals surface area contributed by atoms with Crippen LogP contribution in [0.15, 0.2) is 12.1 Å². The van der Waals surface area contributed by atoms with Crippen LogP contribution in [0.5, 0.6) is 5.75 Å². The third kappa shape index (κ3) is 3.33. The van der Waals surface area contributed by atoms with Gasteiger partial charge in [-0.05, 0) is 26.0 Å². The Bertz CT molecular complexity index is 436. The summed E-state index contributed by atoms with van der Waals surface area (Å²) in [5.74, 6) is -2.07. The first-order valence-electron chi connectivity index (χ1n) is 5.53. The standard InChI is InChI=1S/C12H16FNO4/c1-3-17-6-7(2)18-9-5-4-8(13)11(14)10(9)12(15)16/h4-5,7H,3,6,14H2,1-2H3,(H,15,16). The summed E-state index contributed by atoms with van der Waals surface area (Å²) in [6.07, 6.45) is -0.354. The Morgan fingerprint density at radius 2 is 2.22 bits per heavy atom. The summed E-state index contributed by atoms with van der Waals surface area (Å²) < 4.78 is 23.7. The molecule has 0 bridgehead atoms. The highest BCUT2D eigenvalue weighted by atomic mass is 19.1. The average Bonchev–Trinajstić information content (AvgIpc) is 2.31. The lowest BCUT2D eigenvalue weighted by Crippen LogP contribution is -2.21. The van der Waals surface area contributed by atoms with Crippen molar-refractivity contribution in [1.29, 1.82) is 0 Å². The quantitative estimate of drug-likeness (QED) is 0.761. The molecule has 0 aliphatic carbocycles. The highest BCUT2D eigenvalue weighted by molar-refractivity contribution is 5.96. The van der Waals surface area contributed by atoms with Crippen molar-refractivity contribution in [3.63, 3.8) is 0 Å². The summed E-state index contributed by atoms with van der Waals surface area (Å²) in [4.78, 5) is 11.0. The van der Waals surface area contributed by atoms with Crippen molar-refractivity contribution in [2.75, 3.05) is 18.9 Å². The number of anilines is 1. The summed E-state index contributed by atoms with van der Waals surface area (Å²) in [5, 5.41) is 9.00. The smallest absolute Gasteiger partial charge is 0.341 e. The average molecular weight is 257 g/mol. The lowest BCUT2D eigenvalue weighted by molar-refractivity contribution is 0.0607. The molecule has 0 aromatic heterocycles. The summed E-state index contributed by atoms with van der Waals surface area (Å²) in [7, 11) is 0.